The lowest BCUT2D eigenvalue weighted by atomic mass is 9.78. The third kappa shape index (κ3) is 5.15. The Morgan fingerprint density at radius 2 is 1.79 bits per heavy atom. The van der Waals surface area contributed by atoms with Gasteiger partial charge in [0, 0.05) is 58.0 Å². The number of hydrogen-bond donors (Lipinski definition) is 0. The molecule has 0 unspecified atom stereocenters. The van der Waals surface area contributed by atoms with Gasteiger partial charge < -0.3 is 9.64 Å². The zero-order valence-electron chi connectivity index (χ0n) is 17.2. The monoisotopic (exact) mass is 393 g/mol. The fourth-order valence-corrected chi connectivity index (χ4v) is 4.94. The Kier molecular flexibility index (Phi) is 6.45. The second kappa shape index (κ2) is 9.40. The molecule has 2 saturated heterocycles. The normalized spacial score (nSPS) is 23.3. The summed E-state index contributed by atoms with van der Waals surface area (Å²) >= 11 is 0. The third-order valence-electron chi connectivity index (χ3n) is 6.52. The smallest absolute Gasteiger partial charge is 0.219 e. The van der Waals surface area contributed by atoms with Crippen molar-refractivity contribution in [3.8, 4) is 5.75 Å². The number of piperidine rings is 1. The van der Waals surface area contributed by atoms with Crippen LogP contribution in [-0.4, -0.2) is 53.5 Å². The maximum atomic E-state index is 11.7. The lowest BCUT2D eigenvalue weighted by molar-refractivity contribution is -0.130. The van der Waals surface area contributed by atoms with Gasteiger partial charge >= 0.3 is 0 Å². The Morgan fingerprint density at radius 1 is 1.07 bits per heavy atom. The molecule has 1 aromatic carbocycles. The predicted molar refractivity (Wildman–Crippen MR) is 113 cm³/mol. The van der Waals surface area contributed by atoms with Crippen molar-refractivity contribution in [2.45, 2.75) is 26.3 Å². The summed E-state index contributed by atoms with van der Waals surface area (Å²) < 4.78 is 6.17. The topological polar surface area (TPSA) is 45.7 Å². The Hall–Kier alpha value is -2.40. The molecule has 1 aromatic heterocycles. The van der Waals surface area contributed by atoms with E-state index in [1.54, 1.807) is 6.92 Å². The minimum Gasteiger partial charge on any atom is -0.493 e. The summed E-state index contributed by atoms with van der Waals surface area (Å²) in [6.07, 6.45) is 5.96. The summed E-state index contributed by atoms with van der Waals surface area (Å²) in [6, 6.07) is 14.3. The molecule has 154 valence electrons. The van der Waals surface area contributed by atoms with Gasteiger partial charge in [-0.1, -0.05) is 18.2 Å². The number of carbonyl (C=O) groups excluding carboxylic acids is 1. The minimum atomic E-state index is 0.207. The highest BCUT2D eigenvalue weighted by Crippen LogP contribution is 2.36. The molecule has 0 radical (unpaired) electrons. The molecule has 2 aliphatic heterocycles. The second-order valence-corrected chi connectivity index (χ2v) is 8.44. The summed E-state index contributed by atoms with van der Waals surface area (Å²) in [6.45, 7) is 7.37. The van der Waals surface area contributed by atoms with Crippen LogP contribution in [0.3, 0.4) is 0 Å². The van der Waals surface area contributed by atoms with Crippen molar-refractivity contribution in [2.24, 2.45) is 17.8 Å². The molecule has 1 amide bonds. The van der Waals surface area contributed by atoms with Crippen LogP contribution in [-0.2, 0) is 11.3 Å². The average Bonchev–Trinajstić information content (AvgIpc) is 3.16. The maximum Gasteiger partial charge on any atom is 0.219 e. The van der Waals surface area contributed by atoms with Gasteiger partial charge in [0.25, 0.3) is 0 Å². The standard InChI is InChI=1S/C24H31N3O2/c1-19(28)27-13-9-21(10-14-27)24-17-26(15-20-7-11-25-12-8-20)16-22(24)18-29-23-5-3-2-4-6-23/h2-8,11-12,21-22,24H,9-10,13-18H2,1H3/t22-,24-/m0/s1. The lowest BCUT2D eigenvalue weighted by Crippen LogP contribution is -2.40. The number of hydrogen-bond acceptors (Lipinski definition) is 4. The van der Waals surface area contributed by atoms with Crippen LogP contribution in [0.1, 0.15) is 25.3 Å². The number of rotatable bonds is 6. The maximum absolute atomic E-state index is 11.7. The molecule has 0 spiro atoms. The Balaban J connectivity index is 1.41. The van der Waals surface area contributed by atoms with Crippen LogP contribution in [0.15, 0.2) is 54.9 Å². The first-order chi connectivity index (χ1) is 14.2. The number of amides is 1. The fraction of sp³-hybridized carbons (Fsp3) is 0.500. The van der Waals surface area contributed by atoms with Crippen LogP contribution in [0.4, 0.5) is 0 Å². The molecule has 2 atom stereocenters. The summed E-state index contributed by atoms with van der Waals surface area (Å²) in [7, 11) is 0. The van der Waals surface area contributed by atoms with Crippen LogP contribution < -0.4 is 4.74 Å². The van der Waals surface area contributed by atoms with Gasteiger partial charge in [-0.3, -0.25) is 14.7 Å². The van der Waals surface area contributed by atoms with Crippen molar-refractivity contribution >= 4 is 5.91 Å². The lowest BCUT2D eigenvalue weighted by Gasteiger charge is -2.36. The quantitative estimate of drug-likeness (QED) is 0.754. The first kappa shape index (κ1) is 19.9. The van der Waals surface area contributed by atoms with E-state index in [-0.39, 0.29) is 5.91 Å². The molecule has 0 saturated carbocycles. The number of ether oxygens (including phenoxy) is 1. The van der Waals surface area contributed by atoms with Gasteiger partial charge in [-0.15, -0.1) is 0 Å². The number of carbonyl (C=O) groups is 1. The van der Waals surface area contributed by atoms with Gasteiger partial charge in [0.1, 0.15) is 5.75 Å². The van der Waals surface area contributed by atoms with Crippen molar-refractivity contribution < 1.29 is 9.53 Å². The minimum absolute atomic E-state index is 0.207. The van der Waals surface area contributed by atoms with Crippen molar-refractivity contribution in [1.29, 1.82) is 0 Å². The molecule has 2 fully saturated rings. The van der Waals surface area contributed by atoms with Crippen molar-refractivity contribution in [3.63, 3.8) is 0 Å². The van der Waals surface area contributed by atoms with Crippen molar-refractivity contribution in [3.05, 3.63) is 60.4 Å². The van der Waals surface area contributed by atoms with E-state index in [9.17, 15) is 4.79 Å². The van der Waals surface area contributed by atoms with Gasteiger partial charge in [0.05, 0.1) is 6.61 Å². The number of pyridine rings is 1. The molecule has 2 aromatic rings. The van der Waals surface area contributed by atoms with Crippen LogP contribution in [0.25, 0.3) is 0 Å². The Morgan fingerprint density at radius 3 is 2.48 bits per heavy atom. The van der Waals surface area contributed by atoms with E-state index >= 15 is 0 Å². The van der Waals surface area contributed by atoms with Gasteiger partial charge in [0.15, 0.2) is 0 Å². The van der Waals surface area contributed by atoms with Gasteiger partial charge in [-0.25, -0.2) is 0 Å². The Labute approximate surface area is 173 Å². The summed E-state index contributed by atoms with van der Waals surface area (Å²) in [5, 5.41) is 0. The highest BCUT2D eigenvalue weighted by atomic mass is 16.5. The van der Waals surface area contributed by atoms with Crippen LogP contribution in [0.2, 0.25) is 0 Å². The predicted octanol–water partition coefficient (Wildman–Crippen LogP) is 3.47. The van der Waals surface area contributed by atoms with E-state index in [2.05, 4.69) is 22.0 Å². The van der Waals surface area contributed by atoms with Gasteiger partial charge in [-0.2, -0.15) is 0 Å². The fourth-order valence-electron chi connectivity index (χ4n) is 4.94. The largest absolute Gasteiger partial charge is 0.493 e. The Bertz CT molecular complexity index is 775. The van der Waals surface area contributed by atoms with Crippen LogP contribution in [0, 0.1) is 17.8 Å². The number of para-hydroxylation sites is 1. The van der Waals surface area contributed by atoms with E-state index in [1.165, 1.54) is 5.56 Å². The summed E-state index contributed by atoms with van der Waals surface area (Å²) in [5.74, 6) is 2.96. The van der Waals surface area contributed by atoms with Crippen LogP contribution in [0.5, 0.6) is 5.75 Å². The second-order valence-electron chi connectivity index (χ2n) is 8.44. The van der Waals surface area contributed by atoms with E-state index in [0.717, 1.165) is 57.9 Å². The molecule has 4 rings (SSSR count). The molecule has 5 heteroatoms. The van der Waals surface area contributed by atoms with E-state index < -0.39 is 0 Å². The number of nitrogens with zero attached hydrogens (tertiary/aromatic N) is 3. The number of benzene rings is 1. The zero-order valence-corrected chi connectivity index (χ0v) is 17.2. The molecular formula is C24H31N3O2. The summed E-state index contributed by atoms with van der Waals surface area (Å²) in [4.78, 5) is 20.4. The molecule has 0 N–H and O–H groups in total. The van der Waals surface area contributed by atoms with Crippen molar-refractivity contribution in [1.82, 2.24) is 14.8 Å². The first-order valence-corrected chi connectivity index (χ1v) is 10.7. The number of aromatic nitrogens is 1. The molecule has 0 aliphatic carbocycles. The van der Waals surface area contributed by atoms with E-state index in [1.807, 2.05) is 47.6 Å². The number of likely N-dealkylation sites (tertiary alicyclic amines) is 2. The van der Waals surface area contributed by atoms with Gasteiger partial charge in [-0.05, 0) is 54.5 Å². The third-order valence-corrected chi connectivity index (χ3v) is 6.52. The van der Waals surface area contributed by atoms with E-state index in [0.29, 0.717) is 17.8 Å². The van der Waals surface area contributed by atoms with E-state index in [4.69, 9.17) is 4.74 Å². The van der Waals surface area contributed by atoms with Crippen molar-refractivity contribution in [2.75, 3.05) is 32.8 Å². The summed E-state index contributed by atoms with van der Waals surface area (Å²) in [5.41, 5.74) is 1.31. The highest BCUT2D eigenvalue weighted by molar-refractivity contribution is 5.73. The average molecular weight is 394 g/mol. The molecule has 2 aliphatic rings. The molecular weight excluding hydrogens is 362 g/mol. The van der Waals surface area contributed by atoms with Crippen LogP contribution >= 0.6 is 0 Å². The molecule has 29 heavy (non-hydrogen) atoms. The highest BCUT2D eigenvalue weighted by Gasteiger charge is 2.39. The molecule has 0 bridgehead atoms. The zero-order chi connectivity index (χ0) is 20.1. The molecule has 3 heterocycles. The first-order valence-electron chi connectivity index (χ1n) is 10.7. The van der Waals surface area contributed by atoms with Gasteiger partial charge in [0.2, 0.25) is 5.91 Å². The molecule has 5 nitrogen and oxygen atoms in total. The SMILES string of the molecule is CC(=O)N1CCC([C@@H]2CN(Cc3ccncc3)C[C@H]2COc2ccccc2)CC1.